The van der Waals surface area contributed by atoms with Crippen LogP contribution >= 0.6 is 0 Å². The van der Waals surface area contributed by atoms with Crippen molar-refractivity contribution in [3.63, 3.8) is 0 Å². The third kappa shape index (κ3) is 7.00. The van der Waals surface area contributed by atoms with Crippen LogP contribution < -0.4 is 5.32 Å². The van der Waals surface area contributed by atoms with E-state index >= 15 is 0 Å². The van der Waals surface area contributed by atoms with Crippen molar-refractivity contribution in [2.24, 2.45) is 5.92 Å². The Labute approximate surface area is 173 Å². The highest BCUT2D eigenvalue weighted by molar-refractivity contribution is 5.88. The van der Waals surface area contributed by atoms with Gasteiger partial charge in [-0.3, -0.25) is 9.59 Å². The van der Waals surface area contributed by atoms with Crippen LogP contribution in [-0.2, 0) is 22.6 Å². The molecule has 0 heterocycles. The van der Waals surface area contributed by atoms with Crippen LogP contribution in [-0.4, -0.2) is 29.3 Å². The SMILES string of the molecule is CCC(C(=O)NCC(C)C)N(Cc1ccc(C)cc1)C(=O)Cc1ccc(F)cc1. The fourth-order valence-electron chi connectivity index (χ4n) is 3.11. The molecule has 0 aliphatic rings. The van der Waals surface area contributed by atoms with Crippen molar-refractivity contribution in [2.75, 3.05) is 6.54 Å². The van der Waals surface area contributed by atoms with Crippen molar-refractivity contribution < 1.29 is 14.0 Å². The van der Waals surface area contributed by atoms with Crippen LogP contribution in [0.5, 0.6) is 0 Å². The average molecular weight is 399 g/mol. The van der Waals surface area contributed by atoms with Gasteiger partial charge in [0.2, 0.25) is 11.8 Å². The fourth-order valence-corrected chi connectivity index (χ4v) is 3.11. The van der Waals surface area contributed by atoms with Gasteiger partial charge in [-0.15, -0.1) is 0 Å². The summed E-state index contributed by atoms with van der Waals surface area (Å²) in [6.07, 6.45) is 0.644. The van der Waals surface area contributed by atoms with Crippen molar-refractivity contribution >= 4 is 11.8 Å². The third-order valence-corrected chi connectivity index (χ3v) is 4.81. The van der Waals surface area contributed by atoms with Gasteiger partial charge in [-0.2, -0.15) is 0 Å². The summed E-state index contributed by atoms with van der Waals surface area (Å²) >= 11 is 0. The lowest BCUT2D eigenvalue weighted by atomic mass is 10.1. The van der Waals surface area contributed by atoms with E-state index in [1.165, 1.54) is 12.1 Å². The zero-order chi connectivity index (χ0) is 21.4. The van der Waals surface area contributed by atoms with Gasteiger partial charge in [-0.1, -0.05) is 62.7 Å². The van der Waals surface area contributed by atoms with E-state index in [1.807, 2.05) is 52.0 Å². The van der Waals surface area contributed by atoms with Gasteiger partial charge < -0.3 is 10.2 Å². The largest absolute Gasteiger partial charge is 0.354 e. The second-order valence-corrected chi connectivity index (χ2v) is 7.87. The predicted octanol–water partition coefficient (Wildman–Crippen LogP) is 4.26. The van der Waals surface area contributed by atoms with E-state index in [-0.39, 0.29) is 24.1 Å². The predicted molar refractivity (Wildman–Crippen MR) is 114 cm³/mol. The molecule has 0 bridgehead atoms. The highest BCUT2D eigenvalue weighted by Crippen LogP contribution is 2.16. The van der Waals surface area contributed by atoms with Crippen LogP contribution in [0.1, 0.15) is 43.9 Å². The number of rotatable bonds is 9. The van der Waals surface area contributed by atoms with E-state index in [9.17, 15) is 14.0 Å². The highest BCUT2D eigenvalue weighted by Gasteiger charge is 2.28. The van der Waals surface area contributed by atoms with E-state index in [0.717, 1.165) is 16.7 Å². The second kappa shape index (κ2) is 10.7. The van der Waals surface area contributed by atoms with Crippen LogP contribution in [0.25, 0.3) is 0 Å². The van der Waals surface area contributed by atoms with Crippen molar-refractivity contribution in [2.45, 2.75) is 53.1 Å². The van der Waals surface area contributed by atoms with Crippen LogP contribution in [0.4, 0.5) is 4.39 Å². The Morgan fingerprint density at radius 2 is 1.59 bits per heavy atom. The lowest BCUT2D eigenvalue weighted by molar-refractivity contribution is -0.141. The summed E-state index contributed by atoms with van der Waals surface area (Å²) in [5.74, 6) is -0.293. The first-order chi connectivity index (χ1) is 13.8. The molecule has 0 aliphatic heterocycles. The Hall–Kier alpha value is -2.69. The maximum absolute atomic E-state index is 13.2. The normalized spacial score (nSPS) is 11.9. The number of amides is 2. The number of hydrogen-bond acceptors (Lipinski definition) is 2. The first-order valence-electron chi connectivity index (χ1n) is 10.2. The molecular formula is C24H31FN2O2. The molecule has 0 aliphatic carbocycles. The lowest BCUT2D eigenvalue weighted by Gasteiger charge is -2.31. The number of nitrogens with zero attached hydrogens (tertiary/aromatic N) is 1. The summed E-state index contributed by atoms with van der Waals surface area (Å²) in [6.45, 7) is 8.91. The first-order valence-corrected chi connectivity index (χ1v) is 10.2. The topological polar surface area (TPSA) is 49.4 Å². The van der Waals surface area contributed by atoms with Crippen molar-refractivity contribution in [1.82, 2.24) is 10.2 Å². The average Bonchev–Trinajstić information content (AvgIpc) is 2.69. The minimum atomic E-state index is -0.553. The maximum Gasteiger partial charge on any atom is 0.242 e. The number of halogens is 1. The van der Waals surface area contributed by atoms with E-state index in [0.29, 0.717) is 25.4 Å². The monoisotopic (exact) mass is 398 g/mol. The Morgan fingerprint density at radius 3 is 2.14 bits per heavy atom. The van der Waals surface area contributed by atoms with E-state index < -0.39 is 6.04 Å². The number of benzene rings is 2. The lowest BCUT2D eigenvalue weighted by Crippen LogP contribution is -2.50. The van der Waals surface area contributed by atoms with E-state index in [4.69, 9.17) is 0 Å². The molecule has 0 aromatic heterocycles. The Morgan fingerprint density at radius 1 is 1.00 bits per heavy atom. The molecule has 5 heteroatoms. The van der Waals surface area contributed by atoms with Gasteiger partial charge in [0.1, 0.15) is 11.9 Å². The molecule has 2 rings (SSSR count). The van der Waals surface area contributed by atoms with Crippen molar-refractivity contribution in [3.8, 4) is 0 Å². The van der Waals surface area contributed by atoms with Gasteiger partial charge in [-0.05, 0) is 42.5 Å². The Kier molecular flexibility index (Phi) is 8.37. The zero-order valence-electron chi connectivity index (χ0n) is 17.7. The van der Waals surface area contributed by atoms with E-state index in [2.05, 4.69) is 5.32 Å². The molecule has 0 radical (unpaired) electrons. The molecule has 156 valence electrons. The van der Waals surface area contributed by atoms with Gasteiger partial charge in [-0.25, -0.2) is 4.39 Å². The number of carbonyl (C=O) groups is 2. The quantitative estimate of drug-likeness (QED) is 0.686. The number of nitrogens with one attached hydrogen (secondary N) is 1. The second-order valence-electron chi connectivity index (χ2n) is 7.87. The van der Waals surface area contributed by atoms with E-state index in [1.54, 1.807) is 17.0 Å². The molecular weight excluding hydrogens is 367 g/mol. The van der Waals surface area contributed by atoms with Gasteiger partial charge >= 0.3 is 0 Å². The molecule has 2 aromatic rings. The van der Waals surface area contributed by atoms with Gasteiger partial charge in [0.05, 0.1) is 6.42 Å². The smallest absolute Gasteiger partial charge is 0.242 e. The molecule has 1 atom stereocenters. The number of aryl methyl sites for hydroxylation is 1. The van der Waals surface area contributed by atoms with Gasteiger partial charge in [0.25, 0.3) is 0 Å². The summed E-state index contributed by atoms with van der Waals surface area (Å²) in [7, 11) is 0. The van der Waals surface area contributed by atoms with Crippen LogP contribution in [0, 0.1) is 18.7 Å². The van der Waals surface area contributed by atoms with Crippen LogP contribution in [0.3, 0.4) is 0 Å². The highest BCUT2D eigenvalue weighted by atomic mass is 19.1. The molecule has 0 fully saturated rings. The minimum absolute atomic E-state index is 0.125. The molecule has 0 saturated heterocycles. The first kappa shape index (κ1) is 22.6. The summed E-state index contributed by atoms with van der Waals surface area (Å²) in [6, 6.07) is 13.3. The molecule has 1 N–H and O–H groups in total. The molecule has 0 saturated carbocycles. The summed E-state index contributed by atoms with van der Waals surface area (Å²) in [5.41, 5.74) is 2.83. The van der Waals surface area contributed by atoms with Gasteiger partial charge in [0.15, 0.2) is 0 Å². The summed E-state index contributed by atoms with van der Waals surface area (Å²) < 4.78 is 13.2. The maximum atomic E-state index is 13.2. The Bertz CT molecular complexity index is 801. The molecule has 2 amide bonds. The molecule has 4 nitrogen and oxygen atoms in total. The molecule has 29 heavy (non-hydrogen) atoms. The summed E-state index contributed by atoms with van der Waals surface area (Å²) in [5, 5.41) is 2.95. The van der Waals surface area contributed by atoms with Crippen molar-refractivity contribution in [1.29, 1.82) is 0 Å². The van der Waals surface area contributed by atoms with Crippen molar-refractivity contribution in [3.05, 3.63) is 71.0 Å². The number of hydrogen-bond donors (Lipinski definition) is 1. The van der Waals surface area contributed by atoms with Crippen LogP contribution in [0.15, 0.2) is 48.5 Å². The molecule has 0 spiro atoms. The summed E-state index contributed by atoms with van der Waals surface area (Å²) in [4.78, 5) is 27.6. The van der Waals surface area contributed by atoms with Gasteiger partial charge in [0, 0.05) is 13.1 Å². The Balaban J connectivity index is 2.24. The zero-order valence-corrected chi connectivity index (χ0v) is 17.7. The van der Waals surface area contributed by atoms with Crippen LogP contribution in [0.2, 0.25) is 0 Å². The fraction of sp³-hybridized carbons (Fsp3) is 0.417. The molecule has 1 unspecified atom stereocenters. The minimum Gasteiger partial charge on any atom is -0.354 e. The standard InChI is InChI=1S/C24H31FN2O2/c1-5-22(24(29)26-15-17(2)3)27(16-20-8-6-18(4)7-9-20)23(28)14-19-10-12-21(25)13-11-19/h6-13,17,22H,5,14-16H2,1-4H3,(H,26,29). The number of carbonyl (C=O) groups excluding carboxylic acids is 2. The third-order valence-electron chi connectivity index (χ3n) is 4.81. The molecule has 2 aromatic carbocycles.